The number of nitro benzene ring substituents is 1. The number of methoxy groups -OCH3 is 1. The number of aryl methyl sites for hydroxylation is 1. The number of anilines is 1. The fourth-order valence-electron chi connectivity index (χ4n) is 2.06. The van der Waals surface area contributed by atoms with Gasteiger partial charge in [0, 0.05) is 28.3 Å². The molecule has 0 aliphatic rings. The largest absolute Gasteiger partial charge is 0.496 e. The van der Waals surface area contributed by atoms with Crippen LogP contribution in [0.1, 0.15) is 11.1 Å². The van der Waals surface area contributed by atoms with E-state index in [4.69, 9.17) is 4.74 Å². The van der Waals surface area contributed by atoms with Crippen molar-refractivity contribution in [2.45, 2.75) is 13.5 Å². The highest BCUT2D eigenvalue weighted by molar-refractivity contribution is 9.10. The monoisotopic (exact) mass is 350 g/mol. The third kappa shape index (κ3) is 3.72. The summed E-state index contributed by atoms with van der Waals surface area (Å²) >= 11 is 3.34. The topological polar surface area (TPSA) is 64.4 Å². The van der Waals surface area contributed by atoms with E-state index in [0.717, 1.165) is 21.5 Å². The van der Waals surface area contributed by atoms with Crippen molar-refractivity contribution in [2.24, 2.45) is 0 Å². The van der Waals surface area contributed by atoms with Crippen molar-refractivity contribution in [2.75, 3.05) is 12.4 Å². The predicted molar refractivity (Wildman–Crippen MR) is 85.9 cm³/mol. The van der Waals surface area contributed by atoms with Gasteiger partial charge in [-0.3, -0.25) is 10.1 Å². The molecule has 110 valence electrons. The summed E-state index contributed by atoms with van der Waals surface area (Å²) in [4.78, 5) is 10.7. The van der Waals surface area contributed by atoms with Crippen molar-refractivity contribution in [3.05, 3.63) is 62.1 Å². The van der Waals surface area contributed by atoms with Crippen LogP contribution >= 0.6 is 15.9 Å². The third-order valence-electron chi connectivity index (χ3n) is 3.12. The van der Waals surface area contributed by atoms with Crippen LogP contribution in [0.5, 0.6) is 5.75 Å². The smallest absolute Gasteiger partial charge is 0.274 e. The molecule has 6 heteroatoms. The quantitative estimate of drug-likeness (QED) is 0.645. The van der Waals surface area contributed by atoms with Crippen molar-refractivity contribution in [3.63, 3.8) is 0 Å². The van der Waals surface area contributed by atoms with Gasteiger partial charge in [-0.2, -0.15) is 0 Å². The van der Waals surface area contributed by atoms with Crippen molar-refractivity contribution in [1.29, 1.82) is 0 Å². The molecule has 5 nitrogen and oxygen atoms in total. The normalized spacial score (nSPS) is 10.2. The Hall–Kier alpha value is -2.08. The summed E-state index contributed by atoms with van der Waals surface area (Å²) in [5, 5.41) is 14.2. The molecule has 2 aromatic rings. The summed E-state index contributed by atoms with van der Waals surface area (Å²) in [5.41, 5.74) is 2.63. The highest BCUT2D eigenvalue weighted by Crippen LogP contribution is 2.25. The minimum Gasteiger partial charge on any atom is -0.496 e. The number of nitrogens with one attached hydrogen (secondary N) is 1. The zero-order valence-corrected chi connectivity index (χ0v) is 13.3. The molecule has 0 spiro atoms. The lowest BCUT2D eigenvalue weighted by Crippen LogP contribution is -2.03. The van der Waals surface area contributed by atoms with Gasteiger partial charge in [-0.1, -0.05) is 15.9 Å². The van der Waals surface area contributed by atoms with Gasteiger partial charge in [-0.15, -0.1) is 0 Å². The Bertz CT molecular complexity index is 674. The van der Waals surface area contributed by atoms with E-state index in [1.165, 1.54) is 6.07 Å². The lowest BCUT2D eigenvalue weighted by molar-refractivity contribution is -0.385. The van der Waals surface area contributed by atoms with E-state index in [0.29, 0.717) is 12.1 Å². The number of halogens is 1. The van der Waals surface area contributed by atoms with Gasteiger partial charge in [0.25, 0.3) is 5.69 Å². The Morgan fingerprint density at radius 3 is 2.67 bits per heavy atom. The second-order valence-corrected chi connectivity index (χ2v) is 5.48. The summed E-state index contributed by atoms with van der Waals surface area (Å²) in [6.45, 7) is 2.33. The lowest BCUT2D eigenvalue weighted by atomic mass is 10.1. The first-order chi connectivity index (χ1) is 10.0. The second kappa shape index (κ2) is 6.58. The van der Waals surface area contributed by atoms with Crippen LogP contribution in [0.15, 0.2) is 40.9 Å². The van der Waals surface area contributed by atoms with Crippen molar-refractivity contribution < 1.29 is 9.66 Å². The van der Waals surface area contributed by atoms with Gasteiger partial charge >= 0.3 is 0 Å². The minimum absolute atomic E-state index is 0.107. The number of ether oxygens (including phenoxy) is 1. The molecule has 0 radical (unpaired) electrons. The highest BCUT2D eigenvalue weighted by atomic mass is 79.9. The van der Waals surface area contributed by atoms with Gasteiger partial charge in [0.15, 0.2) is 0 Å². The molecule has 0 fully saturated rings. The standard InChI is InChI=1S/C15H15BrN2O3/c1-10-7-13(4-6-15(10)21-2)17-9-11-8-12(16)3-5-14(11)18(19)20/h3-8,17H,9H2,1-2H3. The Kier molecular flexibility index (Phi) is 4.80. The maximum absolute atomic E-state index is 11.0. The molecule has 0 bridgehead atoms. The molecule has 2 aromatic carbocycles. The summed E-state index contributed by atoms with van der Waals surface area (Å²) in [6, 6.07) is 10.6. The van der Waals surface area contributed by atoms with Crippen LogP contribution in [0.2, 0.25) is 0 Å². The van der Waals surface area contributed by atoms with Crippen LogP contribution in [0, 0.1) is 17.0 Å². The number of hydrogen-bond acceptors (Lipinski definition) is 4. The van der Waals surface area contributed by atoms with E-state index in [-0.39, 0.29) is 10.6 Å². The molecule has 0 atom stereocenters. The van der Waals surface area contributed by atoms with Gasteiger partial charge in [0.2, 0.25) is 0 Å². The molecule has 0 amide bonds. The Morgan fingerprint density at radius 2 is 2.05 bits per heavy atom. The minimum atomic E-state index is -0.372. The van der Waals surface area contributed by atoms with Crippen LogP contribution in [-0.4, -0.2) is 12.0 Å². The fraction of sp³-hybridized carbons (Fsp3) is 0.200. The number of benzene rings is 2. The maximum Gasteiger partial charge on any atom is 0.274 e. The van der Waals surface area contributed by atoms with Gasteiger partial charge < -0.3 is 10.1 Å². The van der Waals surface area contributed by atoms with E-state index in [1.807, 2.05) is 25.1 Å². The molecular formula is C15H15BrN2O3. The SMILES string of the molecule is COc1ccc(NCc2cc(Br)ccc2[N+](=O)[O-])cc1C. The summed E-state index contributed by atoms with van der Waals surface area (Å²) < 4.78 is 6.02. The maximum atomic E-state index is 11.0. The molecular weight excluding hydrogens is 336 g/mol. The molecule has 0 aliphatic heterocycles. The number of nitro groups is 1. The van der Waals surface area contributed by atoms with Crippen molar-refractivity contribution in [1.82, 2.24) is 0 Å². The number of nitrogens with zero attached hydrogens (tertiary/aromatic N) is 1. The molecule has 0 aliphatic carbocycles. The van der Waals surface area contributed by atoms with E-state index in [2.05, 4.69) is 21.2 Å². The van der Waals surface area contributed by atoms with Crippen molar-refractivity contribution >= 4 is 27.3 Å². The van der Waals surface area contributed by atoms with E-state index in [1.54, 1.807) is 19.2 Å². The number of hydrogen-bond donors (Lipinski definition) is 1. The summed E-state index contributed by atoms with van der Waals surface area (Å²) in [7, 11) is 1.63. The van der Waals surface area contributed by atoms with E-state index in [9.17, 15) is 10.1 Å². The zero-order chi connectivity index (χ0) is 15.4. The third-order valence-corrected chi connectivity index (χ3v) is 3.61. The molecule has 21 heavy (non-hydrogen) atoms. The van der Waals surface area contributed by atoms with Crippen LogP contribution in [-0.2, 0) is 6.54 Å². The average molecular weight is 351 g/mol. The van der Waals surface area contributed by atoms with Crippen LogP contribution in [0.25, 0.3) is 0 Å². The zero-order valence-electron chi connectivity index (χ0n) is 11.7. The molecule has 0 unspecified atom stereocenters. The van der Waals surface area contributed by atoms with Gasteiger partial charge in [0.05, 0.1) is 12.0 Å². The molecule has 1 N–H and O–H groups in total. The first-order valence-electron chi connectivity index (χ1n) is 6.32. The molecule has 2 rings (SSSR count). The molecule has 0 heterocycles. The molecule has 0 saturated carbocycles. The fourth-order valence-corrected chi connectivity index (χ4v) is 2.47. The van der Waals surface area contributed by atoms with Gasteiger partial charge in [-0.25, -0.2) is 0 Å². The molecule has 0 saturated heterocycles. The van der Waals surface area contributed by atoms with E-state index >= 15 is 0 Å². The summed E-state index contributed by atoms with van der Waals surface area (Å²) in [6.07, 6.45) is 0. The van der Waals surface area contributed by atoms with E-state index < -0.39 is 0 Å². The first-order valence-corrected chi connectivity index (χ1v) is 7.12. The van der Waals surface area contributed by atoms with Crippen LogP contribution < -0.4 is 10.1 Å². The van der Waals surface area contributed by atoms with Gasteiger partial charge in [-0.05, 0) is 42.8 Å². The number of rotatable bonds is 5. The van der Waals surface area contributed by atoms with Crippen LogP contribution in [0.3, 0.4) is 0 Å². The Labute approximate surface area is 131 Å². The molecule has 0 aromatic heterocycles. The Balaban J connectivity index is 2.18. The van der Waals surface area contributed by atoms with Crippen LogP contribution in [0.4, 0.5) is 11.4 Å². The first kappa shape index (κ1) is 15.3. The second-order valence-electron chi connectivity index (χ2n) is 4.57. The van der Waals surface area contributed by atoms with Crippen molar-refractivity contribution in [3.8, 4) is 5.75 Å². The van der Waals surface area contributed by atoms with Gasteiger partial charge in [0.1, 0.15) is 5.75 Å². The Morgan fingerprint density at radius 1 is 1.29 bits per heavy atom. The predicted octanol–water partition coefficient (Wildman–Crippen LogP) is 4.29. The highest BCUT2D eigenvalue weighted by Gasteiger charge is 2.13. The average Bonchev–Trinajstić information content (AvgIpc) is 2.45. The summed E-state index contributed by atoms with van der Waals surface area (Å²) in [5.74, 6) is 0.814. The lowest BCUT2D eigenvalue weighted by Gasteiger charge is -2.10.